The third-order valence-electron chi connectivity index (χ3n) is 4.35. The van der Waals surface area contributed by atoms with Crippen molar-refractivity contribution < 1.29 is 22.7 Å². The summed E-state index contributed by atoms with van der Waals surface area (Å²) in [6, 6.07) is 10.7. The zero-order valence-corrected chi connectivity index (χ0v) is 18.0. The molecule has 29 heavy (non-hydrogen) atoms. The molecule has 2 rings (SSSR count). The highest BCUT2D eigenvalue weighted by Gasteiger charge is 2.30. The summed E-state index contributed by atoms with van der Waals surface area (Å²) in [5.41, 5.74) is 2.92. The SMILES string of the molecule is CCOC(=O)c1ccc(NC(=O)[C@H](C)N(c2cc(C)ccc2C)S(C)(=O)=O)cc1. The summed E-state index contributed by atoms with van der Waals surface area (Å²) in [5.74, 6) is -0.933. The molecule has 0 bridgehead atoms. The van der Waals surface area contributed by atoms with Crippen LogP contribution in [0.1, 0.15) is 35.3 Å². The average Bonchev–Trinajstić information content (AvgIpc) is 2.64. The van der Waals surface area contributed by atoms with Crippen LogP contribution >= 0.6 is 0 Å². The van der Waals surface area contributed by atoms with E-state index < -0.39 is 27.9 Å². The molecule has 0 aromatic heterocycles. The average molecular weight is 419 g/mol. The first-order chi connectivity index (χ1) is 13.5. The van der Waals surface area contributed by atoms with Gasteiger partial charge < -0.3 is 10.1 Å². The number of aryl methyl sites for hydroxylation is 2. The normalized spacial score (nSPS) is 12.2. The molecule has 2 aromatic rings. The number of benzene rings is 2. The Morgan fingerprint density at radius 2 is 1.72 bits per heavy atom. The van der Waals surface area contributed by atoms with E-state index in [2.05, 4.69) is 5.32 Å². The van der Waals surface area contributed by atoms with Crippen LogP contribution in [-0.2, 0) is 19.6 Å². The molecule has 0 aliphatic heterocycles. The highest BCUT2D eigenvalue weighted by Crippen LogP contribution is 2.26. The van der Waals surface area contributed by atoms with Crippen molar-refractivity contribution in [2.24, 2.45) is 0 Å². The molecule has 0 unspecified atom stereocenters. The molecule has 0 aliphatic rings. The Kier molecular flexibility index (Phi) is 7.02. The first-order valence-electron chi connectivity index (χ1n) is 9.19. The fourth-order valence-electron chi connectivity index (χ4n) is 2.89. The largest absolute Gasteiger partial charge is 0.462 e. The number of amides is 1. The number of esters is 1. The molecule has 8 heteroatoms. The Morgan fingerprint density at radius 1 is 1.10 bits per heavy atom. The van der Waals surface area contributed by atoms with Crippen LogP contribution in [0.4, 0.5) is 11.4 Å². The third-order valence-corrected chi connectivity index (χ3v) is 5.58. The van der Waals surface area contributed by atoms with Crippen LogP contribution in [0.3, 0.4) is 0 Å². The lowest BCUT2D eigenvalue weighted by atomic mass is 10.1. The fourth-order valence-corrected chi connectivity index (χ4v) is 4.11. The second kappa shape index (κ2) is 9.09. The maximum absolute atomic E-state index is 12.8. The maximum Gasteiger partial charge on any atom is 0.338 e. The van der Waals surface area contributed by atoms with E-state index in [9.17, 15) is 18.0 Å². The summed E-state index contributed by atoms with van der Waals surface area (Å²) >= 11 is 0. The lowest BCUT2D eigenvalue weighted by molar-refractivity contribution is -0.116. The predicted octanol–water partition coefficient (Wildman–Crippen LogP) is 3.27. The molecule has 1 N–H and O–H groups in total. The van der Waals surface area contributed by atoms with Gasteiger partial charge in [-0.05, 0) is 69.2 Å². The number of carbonyl (C=O) groups is 2. The molecule has 0 spiro atoms. The Bertz CT molecular complexity index is 1000. The van der Waals surface area contributed by atoms with Crippen molar-refractivity contribution in [2.45, 2.75) is 33.7 Å². The van der Waals surface area contributed by atoms with Gasteiger partial charge in [-0.25, -0.2) is 13.2 Å². The fraction of sp³-hybridized carbons (Fsp3) is 0.333. The number of anilines is 2. The molecular weight excluding hydrogens is 392 g/mol. The number of rotatable bonds is 7. The monoisotopic (exact) mass is 418 g/mol. The first-order valence-corrected chi connectivity index (χ1v) is 11.0. The van der Waals surface area contributed by atoms with E-state index in [0.717, 1.165) is 21.7 Å². The second-order valence-electron chi connectivity index (χ2n) is 6.81. The number of sulfonamides is 1. The van der Waals surface area contributed by atoms with Gasteiger partial charge in [0.15, 0.2) is 0 Å². The molecular formula is C21H26N2O5S. The molecule has 0 fully saturated rings. The number of nitrogens with one attached hydrogen (secondary N) is 1. The number of nitrogens with zero attached hydrogens (tertiary/aromatic N) is 1. The Balaban J connectivity index is 2.26. The maximum atomic E-state index is 12.8. The van der Waals surface area contributed by atoms with Crippen LogP contribution in [-0.4, -0.2) is 39.2 Å². The predicted molar refractivity (Wildman–Crippen MR) is 114 cm³/mol. The second-order valence-corrected chi connectivity index (χ2v) is 8.67. The Hall–Kier alpha value is -2.87. The van der Waals surface area contributed by atoms with Crippen LogP contribution in [0, 0.1) is 13.8 Å². The van der Waals surface area contributed by atoms with Gasteiger partial charge in [-0.1, -0.05) is 12.1 Å². The quantitative estimate of drug-likeness (QED) is 0.697. The molecule has 7 nitrogen and oxygen atoms in total. The van der Waals surface area contributed by atoms with E-state index in [-0.39, 0.29) is 6.61 Å². The topological polar surface area (TPSA) is 92.8 Å². The summed E-state index contributed by atoms with van der Waals surface area (Å²) in [5, 5.41) is 2.70. The van der Waals surface area contributed by atoms with Crippen molar-refractivity contribution in [3.05, 3.63) is 59.2 Å². The van der Waals surface area contributed by atoms with Gasteiger partial charge in [-0.2, -0.15) is 0 Å². The molecule has 0 saturated heterocycles. The zero-order chi connectivity index (χ0) is 21.8. The van der Waals surface area contributed by atoms with E-state index in [4.69, 9.17) is 4.74 Å². The number of carbonyl (C=O) groups excluding carboxylic acids is 2. The van der Waals surface area contributed by atoms with Gasteiger partial charge >= 0.3 is 5.97 Å². The number of hydrogen-bond donors (Lipinski definition) is 1. The summed E-state index contributed by atoms with van der Waals surface area (Å²) in [4.78, 5) is 24.5. The molecule has 0 aliphatic carbocycles. The smallest absolute Gasteiger partial charge is 0.338 e. The van der Waals surface area contributed by atoms with Crippen molar-refractivity contribution in [3.63, 3.8) is 0 Å². The Morgan fingerprint density at radius 3 is 2.28 bits per heavy atom. The van der Waals surface area contributed by atoms with Crippen molar-refractivity contribution >= 4 is 33.3 Å². The molecule has 156 valence electrons. The summed E-state index contributed by atoms with van der Waals surface area (Å²) in [6.07, 6.45) is 1.08. The van der Waals surface area contributed by atoms with Gasteiger partial charge in [0.1, 0.15) is 6.04 Å². The standard InChI is InChI=1S/C21H26N2O5S/c1-6-28-21(25)17-9-11-18(12-10-17)22-20(24)16(4)23(29(5,26)27)19-13-14(2)7-8-15(19)3/h7-13,16H,6H2,1-5H3,(H,22,24)/t16-/m0/s1. The molecule has 1 amide bonds. The highest BCUT2D eigenvalue weighted by molar-refractivity contribution is 7.92. The van der Waals surface area contributed by atoms with Crippen molar-refractivity contribution in [3.8, 4) is 0 Å². The van der Waals surface area contributed by atoms with E-state index >= 15 is 0 Å². The van der Waals surface area contributed by atoms with Crippen molar-refractivity contribution in [1.29, 1.82) is 0 Å². The van der Waals surface area contributed by atoms with Gasteiger partial charge in [-0.3, -0.25) is 9.10 Å². The Labute approximate surface area is 171 Å². The van der Waals surface area contributed by atoms with Gasteiger partial charge in [-0.15, -0.1) is 0 Å². The molecule has 0 radical (unpaired) electrons. The van der Waals surface area contributed by atoms with Gasteiger partial charge in [0.2, 0.25) is 15.9 Å². The lowest BCUT2D eigenvalue weighted by Crippen LogP contribution is -2.45. The van der Waals surface area contributed by atoms with Crippen molar-refractivity contribution in [1.82, 2.24) is 0 Å². The molecule has 0 heterocycles. The van der Waals surface area contributed by atoms with Crippen LogP contribution in [0.2, 0.25) is 0 Å². The molecule has 1 atom stereocenters. The van der Waals surface area contributed by atoms with Gasteiger partial charge in [0.05, 0.1) is 24.1 Å². The van der Waals surface area contributed by atoms with Crippen LogP contribution in [0.5, 0.6) is 0 Å². The summed E-state index contributed by atoms with van der Waals surface area (Å²) in [7, 11) is -3.71. The van der Waals surface area contributed by atoms with Gasteiger partial charge in [0, 0.05) is 5.69 Å². The van der Waals surface area contributed by atoms with Crippen molar-refractivity contribution in [2.75, 3.05) is 22.5 Å². The first kappa shape index (κ1) is 22.4. The van der Waals surface area contributed by atoms with E-state index in [0.29, 0.717) is 16.9 Å². The molecule has 0 saturated carbocycles. The highest BCUT2D eigenvalue weighted by atomic mass is 32.2. The summed E-state index contributed by atoms with van der Waals surface area (Å²) < 4.78 is 31.0. The van der Waals surface area contributed by atoms with Crippen LogP contribution < -0.4 is 9.62 Å². The third kappa shape index (κ3) is 5.57. The van der Waals surface area contributed by atoms with Gasteiger partial charge in [0.25, 0.3) is 0 Å². The van der Waals surface area contributed by atoms with E-state index in [1.807, 2.05) is 19.1 Å². The minimum Gasteiger partial charge on any atom is -0.462 e. The number of hydrogen-bond acceptors (Lipinski definition) is 5. The number of ether oxygens (including phenoxy) is 1. The zero-order valence-electron chi connectivity index (χ0n) is 17.2. The van der Waals surface area contributed by atoms with Crippen LogP contribution in [0.15, 0.2) is 42.5 Å². The van der Waals surface area contributed by atoms with E-state index in [1.165, 1.54) is 19.1 Å². The molecule has 2 aromatic carbocycles. The minimum atomic E-state index is -3.71. The lowest BCUT2D eigenvalue weighted by Gasteiger charge is -2.29. The minimum absolute atomic E-state index is 0.272. The van der Waals surface area contributed by atoms with Crippen LogP contribution in [0.25, 0.3) is 0 Å². The van der Waals surface area contributed by atoms with E-state index in [1.54, 1.807) is 32.0 Å². The summed E-state index contributed by atoms with van der Waals surface area (Å²) in [6.45, 7) is 7.18.